The van der Waals surface area contributed by atoms with Crippen molar-refractivity contribution in [2.24, 2.45) is 5.73 Å². The lowest BCUT2D eigenvalue weighted by molar-refractivity contribution is -0.126. The Labute approximate surface area is 131 Å². The van der Waals surface area contributed by atoms with Gasteiger partial charge in [0.1, 0.15) is 11.8 Å². The van der Waals surface area contributed by atoms with Crippen molar-refractivity contribution >= 4 is 27.5 Å². The van der Waals surface area contributed by atoms with Crippen molar-refractivity contribution in [2.45, 2.75) is 12.1 Å². The van der Waals surface area contributed by atoms with Crippen LogP contribution in [0.4, 0.5) is 5.69 Å². The van der Waals surface area contributed by atoms with Gasteiger partial charge in [-0.15, -0.1) is 0 Å². The quantitative estimate of drug-likeness (QED) is 0.869. The molecule has 1 amide bonds. The van der Waals surface area contributed by atoms with Crippen LogP contribution in [0.3, 0.4) is 0 Å². The van der Waals surface area contributed by atoms with Crippen molar-refractivity contribution in [2.75, 3.05) is 12.0 Å². The summed E-state index contributed by atoms with van der Waals surface area (Å²) in [6.07, 6.45) is 0. The summed E-state index contributed by atoms with van der Waals surface area (Å²) in [6, 6.07) is 14.7. The molecule has 2 atom stereocenters. The number of carbonyl (C=O) groups excluding carboxylic acids is 1. The first-order chi connectivity index (χ1) is 10.1. The molecule has 0 spiro atoms. The Bertz CT molecular complexity index is 655. The van der Waals surface area contributed by atoms with Gasteiger partial charge in [-0.3, -0.25) is 4.79 Å². The monoisotopic (exact) mass is 346 g/mol. The standard InChI is InChI=1S/C16H15BrN2O2/c1-21-13-8-2-10(3-9-13)15-14(18)16(20)19(15)12-6-4-11(17)5-7-12/h2-9,14-15H,18H2,1H3/t14-,15+/m0/s1. The fraction of sp³-hybridized carbons (Fsp3) is 0.188. The molecule has 1 aliphatic heterocycles. The Kier molecular flexibility index (Phi) is 3.69. The van der Waals surface area contributed by atoms with Crippen molar-refractivity contribution in [3.05, 3.63) is 58.6 Å². The SMILES string of the molecule is COc1ccc([C@@H]2[C@H](N)C(=O)N2c2ccc(Br)cc2)cc1. The van der Waals surface area contributed by atoms with Gasteiger partial charge in [-0.05, 0) is 42.0 Å². The minimum atomic E-state index is -0.498. The zero-order chi connectivity index (χ0) is 15.0. The largest absolute Gasteiger partial charge is 0.497 e. The lowest BCUT2D eigenvalue weighted by Crippen LogP contribution is -2.63. The molecule has 5 heteroatoms. The second-order valence-electron chi connectivity index (χ2n) is 4.93. The van der Waals surface area contributed by atoms with Crippen LogP contribution >= 0.6 is 15.9 Å². The van der Waals surface area contributed by atoms with Crippen LogP contribution in [0.5, 0.6) is 5.75 Å². The molecule has 1 aliphatic rings. The molecule has 0 unspecified atom stereocenters. The van der Waals surface area contributed by atoms with Crippen LogP contribution in [-0.4, -0.2) is 19.1 Å². The van der Waals surface area contributed by atoms with Crippen LogP contribution in [0.2, 0.25) is 0 Å². The summed E-state index contributed by atoms with van der Waals surface area (Å²) < 4.78 is 6.13. The van der Waals surface area contributed by atoms with E-state index in [1.54, 1.807) is 12.0 Å². The average molecular weight is 347 g/mol. The van der Waals surface area contributed by atoms with Crippen molar-refractivity contribution < 1.29 is 9.53 Å². The van der Waals surface area contributed by atoms with Crippen molar-refractivity contribution in [1.82, 2.24) is 0 Å². The Balaban J connectivity index is 1.92. The summed E-state index contributed by atoms with van der Waals surface area (Å²) in [7, 11) is 1.63. The number of halogens is 1. The molecular formula is C16H15BrN2O2. The van der Waals surface area contributed by atoms with E-state index >= 15 is 0 Å². The first-order valence-electron chi connectivity index (χ1n) is 6.60. The normalized spacial score (nSPS) is 21.1. The molecule has 2 aromatic carbocycles. The van der Waals surface area contributed by atoms with E-state index in [2.05, 4.69) is 15.9 Å². The lowest BCUT2D eigenvalue weighted by atomic mass is 9.88. The van der Waals surface area contributed by atoms with E-state index in [-0.39, 0.29) is 11.9 Å². The van der Waals surface area contributed by atoms with E-state index in [0.717, 1.165) is 21.5 Å². The molecule has 1 fully saturated rings. The van der Waals surface area contributed by atoms with E-state index < -0.39 is 6.04 Å². The number of nitrogens with two attached hydrogens (primary N) is 1. The summed E-state index contributed by atoms with van der Waals surface area (Å²) in [5.41, 5.74) is 7.85. The lowest BCUT2D eigenvalue weighted by Gasteiger charge is -2.45. The molecule has 1 heterocycles. The summed E-state index contributed by atoms with van der Waals surface area (Å²) in [5, 5.41) is 0. The summed E-state index contributed by atoms with van der Waals surface area (Å²) in [6.45, 7) is 0. The minimum absolute atomic E-state index is 0.0573. The Morgan fingerprint density at radius 1 is 1.10 bits per heavy atom. The van der Waals surface area contributed by atoms with Crippen LogP contribution in [0, 0.1) is 0 Å². The molecule has 21 heavy (non-hydrogen) atoms. The van der Waals surface area contributed by atoms with Crippen molar-refractivity contribution in [3.63, 3.8) is 0 Å². The van der Waals surface area contributed by atoms with Crippen LogP contribution in [-0.2, 0) is 4.79 Å². The van der Waals surface area contributed by atoms with Crippen molar-refractivity contribution in [3.8, 4) is 5.75 Å². The van der Waals surface area contributed by atoms with Crippen molar-refractivity contribution in [1.29, 1.82) is 0 Å². The topological polar surface area (TPSA) is 55.6 Å². The van der Waals surface area contributed by atoms with Gasteiger partial charge in [0.15, 0.2) is 0 Å². The van der Waals surface area contributed by atoms with Crippen LogP contribution < -0.4 is 15.4 Å². The molecule has 1 saturated heterocycles. The van der Waals surface area contributed by atoms with Crippen LogP contribution in [0.1, 0.15) is 11.6 Å². The van der Waals surface area contributed by atoms with Gasteiger partial charge >= 0.3 is 0 Å². The van der Waals surface area contributed by atoms with E-state index in [1.165, 1.54) is 0 Å². The van der Waals surface area contributed by atoms with E-state index in [0.29, 0.717) is 0 Å². The molecule has 0 saturated carbocycles. The smallest absolute Gasteiger partial charge is 0.247 e. The van der Waals surface area contributed by atoms with Gasteiger partial charge in [-0.2, -0.15) is 0 Å². The first-order valence-corrected chi connectivity index (χ1v) is 7.39. The minimum Gasteiger partial charge on any atom is -0.497 e. The number of anilines is 1. The molecular weight excluding hydrogens is 332 g/mol. The van der Waals surface area contributed by atoms with E-state index in [4.69, 9.17) is 10.5 Å². The number of ether oxygens (including phenoxy) is 1. The third-order valence-corrected chi connectivity index (χ3v) is 4.23. The number of nitrogens with zero attached hydrogens (tertiary/aromatic N) is 1. The second kappa shape index (κ2) is 5.50. The maximum Gasteiger partial charge on any atom is 0.247 e. The van der Waals surface area contributed by atoms with Gasteiger partial charge in [0, 0.05) is 10.2 Å². The Morgan fingerprint density at radius 3 is 2.29 bits per heavy atom. The molecule has 0 aromatic heterocycles. The zero-order valence-electron chi connectivity index (χ0n) is 11.5. The van der Waals surface area contributed by atoms with Gasteiger partial charge in [0.2, 0.25) is 5.91 Å². The van der Waals surface area contributed by atoms with Crippen LogP contribution in [0.25, 0.3) is 0 Å². The number of rotatable bonds is 3. The molecule has 2 N–H and O–H groups in total. The molecule has 0 aliphatic carbocycles. The highest BCUT2D eigenvalue weighted by molar-refractivity contribution is 9.10. The number of amides is 1. The fourth-order valence-electron chi connectivity index (χ4n) is 2.56. The average Bonchev–Trinajstić information content (AvgIpc) is 2.53. The zero-order valence-corrected chi connectivity index (χ0v) is 13.1. The number of carbonyl (C=O) groups is 1. The van der Waals surface area contributed by atoms with Crippen LogP contribution in [0.15, 0.2) is 53.0 Å². The predicted molar refractivity (Wildman–Crippen MR) is 85.3 cm³/mol. The molecule has 4 nitrogen and oxygen atoms in total. The molecule has 2 aromatic rings. The predicted octanol–water partition coefficient (Wildman–Crippen LogP) is 2.87. The summed E-state index contributed by atoms with van der Waals surface area (Å²) in [5.74, 6) is 0.728. The Hall–Kier alpha value is -1.85. The summed E-state index contributed by atoms with van der Waals surface area (Å²) >= 11 is 3.40. The highest BCUT2D eigenvalue weighted by atomic mass is 79.9. The van der Waals surface area contributed by atoms with Gasteiger partial charge in [0.25, 0.3) is 0 Å². The number of methoxy groups -OCH3 is 1. The number of benzene rings is 2. The third kappa shape index (κ3) is 2.43. The van der Waals surface area contributed by atoms with Gasteiger partial charge in [-0.1, -0.05) is 28.1 Å². The molecule has 0 radical (unpaired) electrons. The number of hydrogen-bond donors (Lipinski definition) is 1. The third-order valence-electron chi connectivity index (χ3n) is 3.70. The highest BCUT2D eigenvalue weighted by Gasteiger charge is 2.46. The second-order valence-corrected chi connectivity index (χ2v) is 5.84. The first kappa shape index (κ1) is 14.1. The number of β-lactam (4-membered cyclic amide) rings is 1. The van der Waals surface area contributed by atoms with Gasteiger partial charge < -0.3 is 15.4 Å². The van der Waals surface area contributed by atoms with E-state index in [9.17, 15) is 4.79 Å². The number of hydrogen-bond acceptors (Lipinski definition) is 3. The maximum absolute atomic E-state index is 12.1. The Morgan fingerprint density at radius 2 is 1.71 bits per heavy atom. The molecule has 3 rings (SSSR count). The van der Waals surface area contributed by atoms with Gasteiger partial charge in [-0.25, -0.2) is 0 Å². The molecule has 0 bridgehead atoms. The summed E-state index contributed by atoms with van der Waals surface area (Å²) in [4.78, 5) is 13.9. The van der Waals surface area contributed by atoms with Gasteiger partial charge in [0.05, 0.1) is 13.2 Å². The molecule has 108 valence electrons. The van der Waals surface area contributed by atoms with E-state index in [1.807, 2.05) is 48.5 Å². The maximum atomic E-state index is 12.1. The highest BCUT2D eigenvalue weighted by Crippen LogP contribution is 2.38. The fourth-order valence-corrected chi connectivity index (χ4v) is 2.82.